The van der Waals surface area contributed by atoms with Crippen molar-refractivity contribution in [2.24, 2.45) is 13.0 Å². The Morgan fingerprint density at radius 2 is 2.05 bits per heavy atom. The lowest BCUT2D eigenvalue weighted by molar-refractivity contribution is 0.132. The van der Waals surface area contributed by atoms with Crippen molar-refractivity contribution in [3.8, 4) is 0 Å². The molecule has 1 aromatic heterocycles. The summed E-state index contributed by atoms with van der Waals surface area (Å²) in [6, 6.07) is 9.44. The summed E-state index contributed by atoms with van der Waals surface area (Å²) in [5.74, 6) is 1.04. The second kappa shape index (κ2) is 6.92. The van der Waals surface area contributed by atoms with Gasteiger partial charge in [0.05, 0.1) is 6.04 Å². The predicted molar refractivity (Wildman–Crippen MR) is 80.5 cm³/mol. The van der Waals surface area contributed by atoms with Crippen molar-refractivity contribution in [1.29, 1.82) is 0 Å². The van der Waals surface area contributed by atoms with Gasteiger partial charge in [-0.05, 0) is 11.5 Å². The molecule has 0 bridgehead atoms. The van der Waals surface area contributed by atoms with E-state index in [4.69, 9.17) is 4.74 Å². The van der Waals surface area contributed by atoms with E-state index in [0.29, 0.717) is 0 Å². The Morgan fingerprint density at radius 3 is 2.62 bits per heavy atom. The van der Waals surface area contributed by atoms with Gasteiger partial charge in [-0.25, -0.2) is 9.78 Å². The zero-order valence-electron chi connectivity index (χ0n) is 12.6. The highest BCUT2D eigenvalue weighted by Gasteiger charge is 2.22. The third-order valence-electron chi connectivity index (χ3n) is 3.29. The highest BCUT2D eigenvalue weighted by Crippen LogP contribution is 2.19. The fourth-order valence-electron chi connectivity index (χ4n) is 2.10. The van der Waals surface area contributed by atoms with E-state index in [1.165, 1.54) is 0 Å². The molecule has 1 N–H and O–H groups in total. The number of ether oxygens (including phenoxy) is 1. The van der Waals surface area contributed by atoms with Crippen molar-refractivity contribution in [1.82, 2.24) is 14.9 Å². The number of nitrogens with one attached hydrogen (secondary N) is 1. The molecule has 5 nitrogen and oxygen atoms in total. The Hall–Kier alpha value is -2.30. The Bertz CT molecular complexity index is 578. The van der Waals surface area contributed by atoms with E-state index < -0.39 is 6.09 Å². The van der Waals surface area contributed by atoms with Gasteiger partial charge in [-0.15, -0.1) is 0 Å². The van der Waals surface area contributed by atoms with Crippen LogP contribution in [-0.2, 0) is 18.4 Å². The van der Waals surface area contributed by atoms with Gasteiger partial charge in [0.2, 0.25) is 0 Å². The van der Waals surface area contributed by atoms with Crippen molar-refractivity contribution >= 4 is 6.09 Å². The Morgan fingerprint density at radius 1 is 1.33 bits per heavy atom. The summed E-state index contributed by atoms with van der Waals surface area (Å²) >= 11 is 0. The first-order valence-corrected chi connectivity index (χ1v) is 7.02. The molecule has 2 rings (SSSR count). The van der Waals surface area contributed by atoms with Crippen molar-refractivity contribution < 1.29 is 9.53 Å². The number of aromatic nitrogens is 2. The third-order valence-corrected chi connectivity index (χ3v) is 3.29. The molecule has 0 aliphatic rings. The standard InChI is InChI=1S/C16H21N3O2/c1-12(2)14(15-17-9-10-19(15)3)18-16(20)21-11-13-7-5-4-6-8-13/h4-10,12,14H,11H2,1-3H3,(H,18,20)/t14-/m0/s1. The minimum absolute atomic E-state index is 0.173. The number of carbonyl (C=O) groups is 1. The smallest absolute Gasteiger partial charge is 0.408 e. The fraction of sp³-hybridized carbons (Fsp3) is 0.375. The van der Waals surface area contributed by atoms with E-state index in [1.54, 1.807) is 6.20 Å². The van der Waals surface area contributed by atoms with Crippen LogP contribution < -0.4 is 5.32 Å². The number of hydrogen-bond acceptors (Lipinski definition) is 3. The highest BCUT2D eigenvalue weighted by molar-refractivity contribution is 5.67. The SMILES string of the molecule is CC(C)[C@H](NC(=O)OCc1ccccc1)c1nccn1C. The molecule has 1 heterocycles. The van der Waals surface area contributed by atoms with Crippen LogP contribution in [0.25, 0.3) is 0 Å². The molecule has 1 atom stereocenters. The number of benzene rings is 1. The molecule has 0 aliphatic carbocycles. The zero-order valence-corrected chi connectivity index (χ0v) is 12.6. The molecule has 1 aromatic carbocycles. The average molecular weight is 287 g/mol. The summed E-state index contributed by atoms with van der Waals surface area (Å²) in [4.78, 5) is 16.3. The quantitative estimate of drug-likeness (QED) is 0.919. The molecule has 1 amide bonds. The number of imidazole rings is 1. The summed E-state index contributed by atoms with van der Waals surface area (Å²) in [5, 5.41) is 2.89. The van der Waals surface area contributed by atoms with E-state index in [2.05, 4.69) is 10.3 Å². The molecular weight excluding hydrogens is 266 g/mol. The number of amides is 1. The number of alkyl carbamates (subject to hydrolysis) is 1. The Balaban J connectivity index is 1.95. The number of rotatable bonds is 5. The minimum atomic E-state index is -0.430. The van der Waals surface area contributed by atoms with Gasteiger partial charge in [0.1, 0.15) is 12.4 Å². The molecular formula is C16H21N3O2. The van der Waals surface area contributed by atoms with Crippen LogP contribution in [0.1, 0.15) is 31.3 Å². The van der Waals surface area contributed by atoms with Crippen molar-refractivity contribution in [2.45, 2.75) is 26.5 Å². The van der Waals surface area contributed by atoms with E-state index in [0.717, 1.165) is 11.4 Å². The van der Waals surface area contributed by atoms with E-state index in [1.807, 2.05) is 62.0 Å². The molecule has 112 valence electrons. The average Bonchev–Trinajstić information content (AvgIpc) is 2.89. The molecule has 0 spiro atoms. The van der Waals surface area contributed by atoms with Crippen LogP contribution in [-0.4, -0.2) is 15.6 Å². The van der Waals surface area contributed by atoms with Gasteiger partial charge in [-0.2, -0.15) is 0 Å². The topological polar surface area (TPSA) is 56.1 Å². The largest absolute Gasteiger partial charge is 0.445 e. The van der Waals surface area contributed by atoms with Gasteiger partial charge < -0.3 is 14.6 Å². The summed E-state index contributed by atoms with van der Waals surface area (Å²) in [5.41, 5.74) is 0.964. The monoisotopic (exact) mass is 287 g/mol. The summed E-state index contributed by atoms with van der Waals surface area (Å²) in [6.07, 6.45) is 3.16. The molecule has 21 heavy (non-hydrogen) atoms. The Labute approximate surface area is 125 Å². The summed E-state index contributed by atoms with van der Waals surface area (Å²) in [6.45, 7) is 4.34. The maximum Gasteiger partial charge on any atom is 0.408 e. The van der Waals surface area contributed by atoms with Gasteiger partial charge in [0.25, 0.3) is 0 Å². The number of nitrogens with zero attached hydrogens (tertiary/aromatic N) is 2. The van der Waals surface area contributed by atoms with E-state index in [9.17, 15) is 4.79 Å². The zero-order chi connectivity index (χ0) is 15.2. The van der Waals surface area contributed by atoms with Crippen LogP contribution in [0.4, 0.5) is 4.79 Å². The van der Waals surface area contributed by atoms with Crippen LogP contribution in [0, 0.1) is 5.92 Å². The molecule has 2 aromatic rings. The lowest BCUT2D eigenvalue weighted by atomic mass is 10.0. The highest BCUT2D eigenvalue weighted by atomic mass is 16.5. The second-order valence-electron chi connectivity index (χ2n) is 5.32. The number of aryl methyl sites for hydroxylation is 1. The number of carbonyl (C=O) groups excluding carboxylic acids is 1. The van der Waals surface area contributed by atoms with E-state index in [-0.39, 0.29) is 18.6 Å². The minimum Gasteiger partial charge on any atom is -0.445 e. The first kappa shape index (κ1) is 15.1. The molecule has 0 fully saturated rings. The maximum absolute atomic E-state index is 12.0. The van der Waals surface area contributed by atoms with Crippen LogP contribution in [0.2, 0.25) is 0 Å². The van der Waals surface area contributed by atoms with Crippen molar-refractivity contribution in [2.75, 3.05) is 0 Å². The van der Waals surface area contributed by atoms with Gasteiger partial charge in [0.15, 0.2) is 0 Å². The van der Waals surface area contributed by atoms with Crippen LogP contribution in [0.5, 0.6) is 0 Å². The summed E-state index contributed by atoms with van der Waals surface area (Å²) in [7, 11) is 1.91. The molecule has 0 unspecified atom stereocenters. The lowest BCUT2D eigenvalue weighted by Gasteiger charge is -2.21. The van der Waals surface area contributed by atoms with Crippen molar-refractivity contribution in [3.63, 3.8) is 0 Å². The van der Waals surface area contributed by atoms with Crippen LogP contribution >= 0.6 is 0 Å². The normalized spacial score (nSPS) is 12.2. The van der Waals surface area contributed by atoms with Gasteiger partial charge in [0, 0.05) is 19.4 Å². The summed E-state index contributed by atoms with van der Waals surface area (Å²) < 4.78 is 7.16. The van der Waals surface area contributed by atoms with Crippen LogP contribution in [0.3, 0.4) is 0 Å². The van der Waals surface area contributed by atoms with Gasteiger partial charge in [-0.1, -0.05) is 44.2 Å². The number of hydrogen-bond donors (Lipinski definition) is 1. The molecule has 0 saturated heterocycles. The van der Waals surface area contributed by atoms with Gasteiger partial charge >= 0.3 is 6.09 Å². The van der Waals surface area contributed by atoms with Crippen LogP contribution in [0.15, 0.2) is 42.7 Å². The lowest BCUT2D eigenvalue weighted by Crippen LogP contribution is -2.33. The van der Waals surface area contributed by atoms with Gasteiger partial charge in [-0.3, -0.25) is 0 Å². The second-order valence-corrected chi connectivity index (χ2v) is 5.32. The van der Waals surface area contributed by atoms with Crippen molar-refractivity contribution in [3.05, 3.63) is 54.1 Å². The van der Waals surface area contributed by atoms with E-state index >= 15 is 0 Å². The Kier molecular flexibility index (Phi) is 4.98. The maximum atomic E-state index is 12.0. The third kappa shape index (κ3) is 4.08. The molecule has 5 heteroatoms. The molecule has 0 saturated carbocycles. The first-order valence-electron chi connectivity index (χ1n) is 7.02. The fourth-order valence-corrected chi connectivity index (χ4v) is 2.10. The first-order chi connectivity index (χ1) is 10.1. The molecule has 0 radical (unpaired) electrons. The predicted octanol–water partition coefficient (Wildman–Crippen LogP) is 3.04. The molecule has 0 aliphatic heterocycles.